The Balaban J connectivity index is 2.03. The first-order valence-corrected chi connectivity index (χ1v) is 7.80. The van der Waals surface area contributed by atoms with Crippen LogP contribution in [0.2, 0.25) is 0 Å². The van der Waals surface area contributed by atoms with Gasteiger partial charge in [0, 0.05) is 18.2 Å². The lowest BCUT2D eigenvalue weighted by Crippen LogP contribution is -2.23. The molecule has 0 saturated carbocycles. The maximum atomic E-state index is 14.2. The van der Waals surface area contributed by atoms with Crippen molar-refractivity contribution in [3.05, 3.63) is 34.1 Å². The van der Waals surface area contributed by atoms with Crippen LogP contribution >= 0.6 is 15.9 Å². The number of rotatable bonds is 6. The molecular weight excluding hydrogens is 309 g/mol. The number of benzene rings is 1. The summed E-state index contributed by atoms with van der Waals surface area (Å²) < 4.78 is 20.3. The molecule has 19 heavy (non-hydrogen) atoms. The summed E-state index contributed by atoms with van der Waals surface area (Å²) in [5.74, 6) is -0.152. The zero-order chi connectivity index (χ0) is 13.7. The van der Waals surface area contributed by atoms with E-state index in [0.29, 0.717) is 10.6 Å². The second kappa shape index (κ2) is 7.36. The van der Waals surface area contributed by atoms with Crippen LogP contribution in [0.15, 0.2) is 22.7 Å². The van der Waals surface area contributed by atoms with E-state index in [0.717, 1.165) is 44.4 Å². The predicted molar refractivity (Wildman–Crippen MR) is 78.7 cm³/mol. The first kappa shape index (κ1) is 14.9. The second-order valence-corrected chi connectivity index (χ2v) is 5.82. The van der Waals surface area contributed by atoms with E-state index in [4.69, 9.17) is 4.74 Å². The Hall–Kier alpha value is -0.450. The summed E-state index contributed by atoms with van der Waals surface area (Å²) >= 11 is 3.26. The van der Waals surface area contributed by atoms with Crippen molar-refractivity contribution in [1.82, 2.24) is 5.32 Å². The lowest BCUT2D eigenvalue weighted by molar-refractivity contribution is 0.0995. The molecule has 106 valence electrons. The first-order valence-electron chi connectivity index (χ1n) is 7.01. The van der Waals surface area contributed by atoms with Gasteiger partial charge in [0.05, 0.1) is 10.6 Å². The minimum Gasteiger partial charge on any atom is -0.378 e. The van der Waals surface area contributed by atoms with Crippen LogP contribution in [0.4, 0.5) is 4.39 Å². The summed E-state index contributed by atoms with van der Waals surface area (Å²) in [5.41, 5.74) is 0.745. The minimum atomic E-state index is -0.152. The van der Waals surface area contributed by atoms with Gasteiger partial charge in [0.1, 0.15) is 5.82 Å². The van der Waals surface area contributed by atoms with E-state index in [2.05, 4.69) is 28.2 Å². The molecule has 0 aromatic heterocycles. The summed E-state index contributed by atoms with van der Waals surface area (Å²) in [6.07, 6.45) is 4.55. The Morgan fingerprint density at radius 3 is 3.05 bits per heavy atom. The van der Waals surface area contributed by atoms with E-state index in [1.54, 1.807) is 6.07 Å². The van der Waals surface area contributed by atoms with Gasteiger partial charge in [-0.3, -0.25) is 0 Å². The van der Waals surface area contributed by atoms with Crippen molar-refractivity contribution in [2.45, 2.75) is 44.8 Å². The van der Waals surface area contributed by atoms with Crippen molar-refractivity contribution in [2.75, 3.05) is 13.2 Å². The third-order valence-electron chi connectivity index (χ3n) is 3.61. The highest BCUT2D eigenvalue weighted by Gasteiger charge is 2.20. The van der Waals surface area contributed by atoms with Crippen LogP contribution in [0.1, 0.15) is 44.2 Å². The van der Waals surface area contributed by atoms with Gasteiger partial charge in [-0.05, 0) is 54.2 Å². The van der Waals surface area contributed by atoms with Crippen LogP contribution < -0.4 is 5.32 Å². The van der Waals surface area contributed by atoms with Gasteiger partial charge in [-0.1, -0.05) is 19.1 Å². The maximum Gasteiger partial charge on any atom is 0.142 e. The topological polar surface area (TPSA) is 21.3 Å². The largest absolute Gasteiger partial charge is 0.378 e. The molecule has 1 aromatic rings. The van der Waals surface area contributed by atoms with E-state index in [1.807, 2.05) is 12.1 Å². The fourth-order valence-electron chi connectivity index (χ4n) is 2.63. The van der Waals surface area contributed by atoms with Crippen molar-refractivity contribution in [2.24, 2.45) is 0 Å². The molecule has 2 nitrogen and oxygen atoms in total. The van der Waals surface area contributed by atoms with Crippen molar-refractivity contribution in [3.63, 3.8) is 0 Å². The summed E-state index contributed by atoms with van der Waals surface area (Å²) in [4.78, 5) is 0. The number of halogens is 2. The van der Waals surface area contributed by atoms with Crippen molar-refractivity contribution < 1.29 is 9.13 Å². The van der Waals surface area contributed by atoms with E-state index in [-0.39, 0.29) is 11.9 Å². The Morgan fingerprint density at radius 1 is 1.53 bits per heavy atom. The maximum absolute atomic E-state index is 14.2. The molecule has 1 N–H and O–H groups in total. The van der Waals surface area contributed by atoms with E-state index >= 15 is 0 Å². The molecule has 1 aliphatic heterocycles. The molecule has 1 aromatic carbocycles. The smallest absolute Gasteiger partial charge is 0.142 e. The van der Waals surface area contributed by atoms with Crippen LogP contribution in [-0.4, -0.2) is 19.3 Å². The molecule has 0 amide bonds. The third kappa shape index (κ3) is 4.01. The molecule has 2 atom stereocenters. The fraction of sp³-hybridized carbons (Fsp3) is 0.600. The van der Waals surface area contributed by atoms with Gasteiger partial charge in [-0.15, -0.1) is 0 Å². The number of hydrogen-bond acceptors (Lipinski definition) is 2. The van der Waals surface area contributed by atoms with Gasteiger partial charge in [0.2, 0.25) is 0 Å². The number of ether oxygens (including phenoxy) is 1. The zero-order valence-corrected chi connectivity index (χ0v) is 12.9. The highest BCUT2D eigenvalue weighted by molar-refractivity contribution is 9.10. The minimum absolute atomic E-state index is 0.0618. The molecule has 0 aliphatic carbocycles. The molecule has 1 aliphatic rings. The van der Waals surface area contributed by atoms with Crippen LogP contribution in [0, 0.1) is 5.82 Å². The predicted octanol–water partition coefficient (Wildman–Crippen LogP) is 4.20. The molecule has 1 heterocycles. The molecule has 0 bridgehead atoms. The van der Waals surface area contributed by atoms with Gasteiger partial charge in [0.15, 0.2) is 0 Å². The Kier molecular flexibility index (Phi) is 5.79. The lowest BCUT2D eigenvalue weighted by atomic mass is 9.98. The quantitative estimate of drug-likeness (QED) is 0.844. The van der Waals surface area contributed by atoms with Crippen LogP contribution in [0.3, 0.4) is 0 Å². The van der Waals surface area contributed by atoms with Gasteiger partial charge >= 0.3 is 0 Å². The van der Waals surface area contributed by atoms with Gasteiger partial charge < -0.3 is 10.1 Å². The Bertz CT molecular complexity index is 407. The normalized spacial score (nSPS) is 20.7. The van der Waals surface area contributed by atoms with Crippen LogP contribution in [-0.2, 0) is 4.74 Å². The first-order chi connectivity index (χ1) is 9.22. The lowest BCUT2D eigenvalue weighted by Gasteiger charge is -2.21. The molecule has 0 radical (unpaired) electrons. The van der Waals surface area contributed by atoms with E-state index < -0.39 is 0 Å². The van der Waals surface area contributed by atoms with Crippen molar-refractivity contribution in [1.29, 1.82) is 0 Å². The third-order valence-corrected chi connectivity index (χ3v) is 4.22. The van der Waals surface area contributed by atoms with Crippen LogP contribution in [0.25, 0.3) is 0 Å². The summed E-state index contributed by atoms with van der Waals surface area (Å²) in [6.45, 7) is 3.76. The molecule has 0 spiro atoms. The molecule has 1 saturated heterocycles. The SMILES string of the molecule is CCNC(CCC1CCCO1)c1cccc(Br)c1F. The molecule has 4 heteroatoms. The summed E-state index contributed by atoms with van der Waals surface area (Å²) in [5, 5.41) is 3.37. The average molecular weight is 330 g/mol. The van der Waals surface area contributed by atoms with Gasteiger partial charge in [-0.25, -0.2) is 4.39 Å². The molecule has 1 fully saturated rings. The summed E-state index contributed by atoms with van der Waals surface area (Å²) in [6, 6.07) is 5.55. The Labute approximate surface area is 122 Å². The highest BCUT2D eigenvalue weighted by atomic mass is 79.9. The fourth-order valence-corrected chi connectivity index (χ4v) is 3.01. The standard InChI is InChI=1S/C15H21BrFNO/c1-2-18-14(9-8-11-5-4-10-19-11)12-6-3-7-13(16)15(12)17/h3,6-7,11,14,18H,2,4-5,8-10H2,1H3. The van der Waals surface area contributed by atoms with E-state index in [9.17, 15) is 4.39 Å². The number of nitrogens with one attached hydrogen (secondary N) is 1. The molecule has 2 rings (SSSR count). The molecule has 2 unspecified atom stereocenters. The zero-order valence-electron chi connectivity index (χ0n) is 11.3. The summed E-state index contributed by atoms with van der Waals surface area (Å²) in [7, 11) is 0. The monoisotopic (exact) mass is 329 g/mol. The van der Waals surface area contributed by atoms with Crippen molar-refractivity contribution >= 4 is 15.9 Å². The van der Waals surface area contributed by atoms with Crippen LogP contribution in [0.5, 0.6) is 0 Å². The number of hydrogen-bond donors (Lipinski definition) is 1. The average Bonchev–Trinajstić information content (AvgIpc) is 2.91. The van der Waals surface area contributed by atoms with Gasteiger partial charge in [0.25, 0.3) is 0 Å². The molecular formula is C15H21BrFNO. The van der Waals surface area contributed by atoms with E-state index in [1.165, 1.54) is 0 Å². The Morgan fingerprint density at radius 2 is 2.37 bits per heavy atom. The van der Waals surface area contributed by atoms with Crippen molar-refractivity contribution in [3.8, 4) is 0 Å². The second-order valence-electron chi connectivity index (χ2n) is 4.97. The highest BCUT2D eigenvalue weighted by Crippen LogP contribution is 2.28. The van der Waals surface area contributed by atoms with Gasteiger partial charge in [-0.2, -0.15) is 0 Å².